The zero-order valence-corrected chi connectivity index (χ0v) is 17.2. The van der Waals surface area contributed by atoms with E-state index in [9.17, 15) is 14.4 Å². The Bertz CT molecular complexity index is 1190. The van der Waals surface area contributed by atoms with Crippen LogP contribution < -0.4 is 25.9 Å². The maximum Gasteiger partial charge on any atom is 0.321 e. The number of nitrogens with one attached hydrogen (secondary N) is 1. The van der Waals surface area contributed by atoms with E-state index in [1.807, 2.05) is 6.92 Å². The van der Waals surface area contributed by atoms with Crippen LogP contribution in [0.15, 0.2) is 64.4 Å². The highest BCUT2D eigenvalue weighted by Crippen LogP contribution is 2.27. The fraction of sp³-hybridized carbons (Fsp3) is 0.190. The summed E-state index contributed by atoms with van der Waals surface area (Å²) in [6, 6.07) is 11.7. The third kappa shape index (κ3) is 4.55. The number of rotatable bonds is 7. The standard InChI is InChI=1S/C21H20ClN3O5/c1-3-30-18-7-5-4-6-16(18)25-11-10-24(20(27)21(25)28)13-19(26)23-15-12-14(22)8-9-17(15)29-2/h4-12H,3,13H2,1-2H3,(H,23,26). The van der Waals surface area contributed by atoms with Crippen LogP contribution in [-0.4, -0.2) is 28.8 Å². The maximum atomic E-state index is 12.6. The van der Waals surface area contributed by atoms with Crippen LogP contribution in [0.3, 0.4) is 0 Å². The Hall–Kier alpha value is -3.52. The fourth-order valence-corrected chi connectivity index (χ4v) is 3.05. The van der Waals surface area contributed by atoms with Crippen LogP contribution in [0.4, 0.5) is 5.69 Å². The van der Waals surface area contributed by atoms with E-state index in [4.69, 9.17) is 21.1 Å². The maximum absolute atomic E-state index is 12.6. The number of hydrogen-bond donors (Lipinski definition) is 1. The minimum Gasteiger partial charge on any atom is -0.495 e. The van der Waals surface area contributed by atoms with E-state index in [1.165, 1.54) is 30.1 Å². The molecule has 0 fully saturated rings. The van der Waals surface area contributed by atoms with Crippen molar-refractivity contribution in [3.63, 3.8) is 0 Å². The van der Waals surface area contributed by atoms with Crippen LogP contribution in [0.5, 0.6) is 11.5 Å². The first-order valence-corrected chi connectivity index (χ1v) is 9.50. The lowest BCUT2D eigenvalue weighted by atomic mass is 10.3. The second-order valence-corrected chi connectivity index (χ2v) is 6.64. The van der Waals surface area contributed by atoms with Crippen molar-refractivity contribution in [3.8, 4) is 17.2 Å². The second-order valence-electron chi connectivity index (χ2n) is 6.20. The largest absolute Gasteiger partial charge is 0.495 e. The Morgan fingerprint density at radius 2 is 1.83 bits per heavy atom. The molecule has 3 rings (SSSR count). The number of amides is 1. The van der Waals surface area contributed by atoms with Crippen LogP contribution in [0, 0.1) is 0 Å². The third-order valence-corrected chi connectivity index (χ3v) is 4.47. The van der Waals surface area contributed by atoms with Crippen molar-refractivity contribution in [1.29, 1.82) is 0 Å². The third-order valence-electron chi connectivity index (χ3n) is 4.23. The number of methoxy groups -OCH3 is 1. The summed E-state index contributed by atoms with van der Waals surface area (Å²) in [4.78, 5) is 37.6. The number of para-hydroxylation sites is 2. The number of anilines is 1. The zero-order valence-electron chi connectivity index (χ0n) is 16.4. The van der Waals surface area contributed by atoms with Crippen molar-refractivity contribution in [2.75, 3.05) is 19.0 Å². The molecule has 0 atom stereocenters. The molecule has 0 aliphatic carbocycles. The molecule has 9 heteroatoms. The first-order chi connectivity index (χ1) is 14.4. The first-order valence-electron chi connectivity index (χ1n) is 9.12. The average Bonchev–Trinajstić information content (AvgIpc) is 2.73. The van der Waals surface area contributed by atoms with E-state index in [1.54, 1.807) is 36.4 Å². The summed E-state index contributed by atoms with van der Waals surface area (Å²) in [5, 5.41) is 3.05. The lowest BCUT2D eigenvalue weighted by molar-refractivity contribution is -0.116. The number of carbonyl (C=O) groups is 1. The van der Waals surface area contributed by atoms with E-state index in [0.717, 1.165) is 4.57 Å². The Kier molecular flexibility index (Phi) is 6.58. The number of benzene rings is 2. The molecule has 1 heterocycles. The minimum absolute atomic E-state index is 0.350. The molecule has 0 bridgehead atoms. The molecule has 8 nitrogen and oxygen atoms in total. The summed E-state index contributed by atoms with van der Waals surface area (Å²) < 4.78 is 12.9. The fourth-order valence-electron chi connectivity index (χ4n) is 2.88. The van der Waals surface area contributed by atoms with Crippen LogP contribution >= 0.6 is 11.6 Å². The molecule has 0 unspecified atom stereocenters. The monoisotopic (exact) mass is 429 g/mol. The Morgan fingerprint density at radius 3 is 2.57 bits per heavy atom. The van der Waals surface area contributed by atoms with E-state index in [-0.39, 0.29) is 6.54 Å². The van der Waals surface area contributed by atoms with Crippen LogP contribution in [0.1, 0.15) is 6.92 Å². The lowest BCUT2D eigenvalue weighted by Crippen LogP contribution is -2.41. The minimum atomic E-state index is -0.836. The van der Waals surface area contributed by atoms with Crippen molar-refractivity contribution >= 4 is 23.2 Å². The van der Waals surface area contributed by atoms with Gasteiger partial charge in [0, 0.05) is 17.4 Å². The van der Waals surface area contributed by atoms with Gasteiger partial charge in [0.1, 0.15) is 18.0 Å². The van der Waals surface area contributed by atoms with Crippen molar-refractivity contribution in [2.45, 2.75) is 13.5 Å². The molecular weight excluding hydrogens is 410 g/mol. The van der Waals surface area contributed by atoms with Crippen LogP contribution in [0.2, 0.25) is 5.02 Å². The Balaban J connectivity index is 1.87. The van der Waals surface area contributed by atoms with E-state index >= 15 is 0 Å². The summed E-state index contributed by atoms with van der Waals surface area (Å²) in [7, 11) is 1.46. The van der Waals surface area contributed by atoms with Gasteiger partial charge in [-0.3, -0.25) is 23.5 Å². The van der Waals surface area contributed by atoms with Gasteiger partial charge in [0.25, 0.3) is 0 Å². The smallest absolute Gasteiger partial charge is 0.321 e. The Labute approximate surface area is 177 Å². The Morgan fingerprint density at radius 1 is 1.07 bits per heavy atom. The normalized spacial score (nSPS) is 10.5. The van der Waals surface area contributed by atoms with Gasteiger partial charge in [-0.1, -0.05) is 23.7 Å². The average molecular weight is 430 g/mol. The SMILES string of the molecule is CCOc1ccccc1-n1ccn(CC(=O)Nc2cc(Cl)ccc2OC)c(=O)c1=O. The van der Waals surface area contributed by atoms with Crippen molar-refractivity contribution in [1.82, 2.24) is 9.13 Å². The van der Waals surface area contributed by atoms with Crippen molar-refractivity contribution in [3.05, 3.63) is 80.6 Å². The summed E-state index contributed by atoms with van der Waals surface area (Å²) in [5.41, 5.74) is -0.821. The van der Waals surface area contributed by atoms with Crippen LogP contribution in [-0.2, 0) is 11.3 Å². The van der Waals surface area contributed by atoms with Gasteiger partial charge in [-0.05, 0) is 37.3 Å². The van der Waals surface area contributed by atoms with E-state index in [0.29, 0.717) is 34.5 Å². The van der Waals surface area contributed by atoms with Gasteiger partial charge in [-0.25, -0.2) is 0 Å². The number of halogens is 1. The van der Waals surface area contributed by atoms with Crippen molar-refractivity contribution in [2.24, 2.45) is 0 Å². The number of carbonyl (C=O) groups excluding carboxylic acids is 1. The molecule has 0 saturated carbocycles. The highest BCUT2D eigenvalue weighted by molar-refractivity contribution is 6.31. The summed E-state index contributed by atoms with van der Waals surface area (Å²) in [5.74, 6) is 0.387. The molecule has 2 aromatic carbocycles. The summed E-state index contributed by atoms with van der Waals surface area (Å²) in [6.45, 7) is 1.89. The van der Waals surface area contributed by atoms with Gasteiger partial charge >= 0.3 is 11.1 Å². The molecule has 156 valence electrons. The molecule has 0 spiro atoms. The predicted molar refractivity (Wildman–Crippen MR) is 114 cm³/mol. The van der Waals surface area contributed by atoms with Gasteiger partial charge in [0.2, 0.25) is 5.91 Å². The number of ether oxygens (including phenoxy) is 2. The molecule has 0 aliphatic rings. The number of hydrogen-bond acceptors (Lipinski definition) is 5. The number of aromatic nitrogens is 2. The van der Waals surface area contributed by atoms with Gasteiger partial charge in [0.15, 0.2) is 0 Å². The zero-order chi connectivity index (χ0) is 21.7. The quantitative estimate of drug-likeness (QED) is 0.583. The first kappa shape index (κ1) is 21.2. The second kappa shape index (κ2) is 9.32. The molecule has 1 N–H and O–H groups in total. The lowest BCUT2D eigenvalue weighted by Gasteiger charge is -2.13. The van der Waals surface area contributed by atoms with Gasteiger partial charge in [-0.2, -0.15) is 0 Å². The number of nitrogens with zero attached hydrogens (tertiary/aromatic N) is 2. The molecule has 30 heavy (non-hydrogen) atoms. The van der Waals surface area contributed by atoms with Crippen LogP contribution in [0.25, 0.3) is 5.69 Å². The topological polar surface area (TPSA) is 91.6 Å². The molecule has 1 aromatic heterocycles. The molecule has 1 amide bonds. The summed E-state index contributed by atoms with van der Waals surface area (Å²) >= 11 is 5.96. The summed E-state index contributed by atoms with van der Waals surface area (Å²) in [6.07, 6.45) is 2.80. The van der Waals surface area contributed by atoms with E-state index in [2.05, 4.69) is 5.32 Å². The highest BCUT2D eigenvalue weighted by Gasteiger charge is 2.14. The molecular formula is C21H20ClN3O5. The molecule has 0 radical (unpaired) electrons. The van der Waals surface area contributed by atoms with Gasteiger partial charge in [-0.15, -0.1) is 0 Å². The van der Waals surface area contributed by atoms with Gasteiger partial charge in [0.05, 0.1) is 25.1 Å². The molecule has 0 aliphatic heterocycles. The van der Waals surface area contributed by atoms with Gasteiger partial charge < -0.3 is 14.8 Å². The van der Waals surface area contributed by atoms with E-state index < -0.39 is 17.0 Å². The molecule has 0 saturated heterocycles. The highest BCUT2D eigenvalue weighted by atomic mass is 35.5. The molecule has 3 aromatic rings. The predicted octanol–water partition coefficient (Wildman–Crippen LogP) is 2.70. The van der Waals surface area contributed by atoms with Crippen molar-refractivity contribution < 1.29 is 14.3 Å².